The molecule has 14 heavy (non-hydrogen) atoms. The molecule has 0 aliphatic rings. The van der Waals surface area contributed by atoms with Crippen molar-refractivity contribution >= 4 is 0 Å². The van der Waals surface area contributed by atoms with Crippen molar-refractivity contribution in [2.45, 2.75) is 25.6 Å². The molecule has 0 aromatic rings. The van der Waals surface area contributed by atoms with Crippen LogP contribution in [-0.4, -0.2) is 31.5 Å². The third kappa shape index (κ3) is 7.90. The molecular formula is C9H14F3NO. The summed E-state index contributed by atoms with van der Waals surface area (Å²) in [7, 11) is 0. The van der Waals surface area contributed by atoms with E-state index in [1.54, 1.807) is 13.8 Å². The van der Waals surface area contributed by atoms with Gasteiger partial charge in [-0.1, -0.05) is 5.92 Å². The minimum Gasteiger partial charge on any atom is -0.371 e. The van der Waals surface area contributed by atoms with Gasteiger partial charge in [-0.3, -0.25) is 5.32 Å². The first-order chi connectivity index (χ1) is 6.27. The molecule has 0 spiro atoms. The molecule has 0 radical (unpaired) electrons. The molecule has 0 aliphatic carbocycles. The molecular weight excluding hydrogens is 195 g/mol. The van der Waals surface area contributed by atoms with Gasteiger partial charge in [-0.15, -0.1) is 6.42 Å². The van der Waals surface area contributed by atoms with Crippen LogP contribution in [0.2, 0.25) is 0 Å². The average Bonchev–Trinajstić information content (AvgIpc) is 2.01. The number of hydrogen-bond acceptors (Lipinski definition) is 2. The van der Waals surface area contributed by atoms with E-state index in [2.05, 4.69) is 16.0 Å². The standard InChI is InChI=1S/C9H14F3NO/c1-4-8(2,3)13-5-6-14-7-9(10,11)12/h1,13H,5-7H2,2-3H3. The fourth-order valence-corrected chi connectivity index (χ4v) is 0.675. The second kappa shape index (κ2) is 5.23. The Hall–Kier alpha value is -0.730. The van der Waals surface area contributed by atoms with E-state index in [1.165, 1.54) is 0 Å². The van der Waals surface area contributed by atoms with Gasteiger partial charge in [0.25, 0.3) is 0 Å². The molecule has 0 aromatic carbocycles. The van der Waals surface area contributed by atoms with Crippen molar-refractivity contribution in [1.82, 2.24) is 5.32 Å². The highest BCUT2D eigenvalue weighted by Crippen LogP contribution is 2.13. The Kier molecular flexibility index (Phi) is 4.95. The molecule has 0 aliphatic heterocycles. The highest BCUT2D eigenvalue weighted by atomic mass is 19.4. The smallest absolute Gasteiger partial charge is 0.371 e. The maximum Gasteiger partial charge on any atom is 0.411 e. The Morgan fingerprint density at radius 2 is 1.93 bits per heavy atom. The molecule has 0 amide bonds. The van der Waals surface area contributed by atoms with Gasteiger partial charge in [-0.25, -0.2) is 0 Å². The first-order valence-corrected chi connectivity index (χ1v) is 4.14. The highest BCUT2D eigenvalue weighted by Gasteiger charge is 2.27. The number of rotatable bonds is 5. The van der Waals surface area contributed by atoms with E-state index >= 15 is 0 Å². The van der Waals surface area contributed by atoms with Gasteiger partial charge in [0.2, 0.25) is 0 Å². The summed E-state index contributed by atoms with van der Waals surface area (Å²) >= 11 is 0. The summed E-state index contributed by atoms with van der Waals surface area (Å²) in [5.41, 5.74) is -0.512. The summed E-state index contributed by atoms with van der Waals surface area (Å²) in [4.78, 5) is 0. The van der Waals surface area contributed by atoms with Crippen molar-refractivity contribution in [1.29, 1.82) is 0 Å². The van der Waals surface area contributed by atoms with E-state index < -0.39 is 18.3 Å². The van der Waals surface area contributed by atoms with Crippen LogP contribution in [-0.2, 0) is 4.74 Å². The Balaban J connectivity index is 3.45. The first kappa shape index (κ1) is 13.3. The maximum atomic E-state index is 11.6. The Morgan fingerprint density at radius 1 is 1.36 bits per heavy atom. The molecule has 0 bridgehead atoms. The average molecular weight is 209 g/mol. The van der Waals surface area contributed by atoms with E-state index in [4.69, 9.17) is 6.42 Å². The molecule has 0 unspecified atom stereocenters. The number of nitrogens with one attached hydrogen (secondary N) is 1. The van der Waals surface area contributed by atoms with Crippen molar-refractivity contribution < 1.29 is 17.9 Å². The second-order valence-corrected chi connectivity index (χ2v) is 3.36. The lowest BCUT2D eigenvalue weighted by Crippen LogP contribution is -2.39. The summed E-state index contributed by atoms with van der Waals surface area (Å²) in [6, 6.07) is 0. The largest absolute Gasteiger partial charge is 0.411 e. The van der Waals surface area contributed by atoms with Gasteiger partial charge < -0.3 is 4.74 Å². The van der Waals surface area contributed by atoms with Crippen LogP contribution in [0.25, 0.3) is 0 Å². The minimum atomic E-state index is -4.26. The number of terminal acetylenes is 1. The van der Waals surface area contributed by atoms with Crippen LogP contribution >= 0.6 is 0 Å². The number of ether oxygens (including phenoxy) is 1. The fourth-order valence-electron chi connectivity index (χ4n) is 0.675. The summed E-state index contributed by atoms with van der Waals surface area (Å²) in [5, 5.41) is 2.87. The van der Waals surface area contributed by atoms with Gasteiger partial charge >= 0.3 is 6.18 Å². The van der Waals surface area contributed by atoms with Crippen LogP contribution in [0.5, 0.6) is 0 Å². The molecule has 0 fully saturated rings. The van der Waals surface area contributed by atoms with Crippen molar-refractivity contribution in [3.8, 4) is 12.3 Å². The van der Waals surface area contributed by atoms with E-state index in [9.17, 15) is 13.2 Å². The Labute approximate surface area is 81.8 Å². The molecule has 0 aromatic heterocycles. The van der Waals surface area contributed by atoms with Gasteiger partial charge in [-0.05, 0) is 13.8 Å². The molecule has 82 valence electrons. The molecule has 0 rings (SSSR count). The van der Waals surface area contributed by atoms with Crippen molar-refractivity contribution in [2.24, 2.45) is 0 Å². The van der Waals surface area contributed by atoms with Gasteiger partial charge in [0.05, 0.1) is 12.1 Å². The van der Waals surface area contributed by atoms with Crippen molar-refractivity contribution in [3.05, 3.63) is 0 Å². The summed E-state index contributed by atoms with van der Waals surface area (Å²) < 4.78 is 39.2. The van der Waals surface area contributed by atoms with Crippen LogP contribution in [0.1, 0.15) is 13.8 Å². The molecule has 0 atom stereocenters. The third-order valence-electron chi connectivity index (χ3n) is 1.44. The lowest BCUT2D eigenvalue weighted by molar-refractivity contribution is -0.173. The van der Waals surface area contributed by atoms with Gasteiger partial charge in [-0.2, -0.15) is 13.2 Å². The predicted octanol–water partition coefficient (Wildman–Crippen LogP) is 1.57. The van der Waals surface area contributed by atoms with Crippen molar-refractivity contribution in [2.75, 3.05) is 19.8 Å². The quantitative estimate of drug-likeness (QED) is 0.548. The number of alkyl halides is 3. The van der Waals surface area contributed by atoms with E-state index in [0.29, 0.717) is 6.54 Å². The molecule has 2 nitrogen and oxygen atoms in total. The van der Waals surface area contributed by atoms with E-state index in [0.717, 1.165) is 0 Å². The number of hydrogen-bond donors (Lipinski definition) is 1. The molecule has 0 saturated carbocycles. The summed E-state index contributed by atoms with van der Waals surface area (Å²) in [6.07, 6.45) is 0.895. The number of halogens is 3. The zero-order valence-corrected chi connectivity index (χ0v) is 8.24. The SMILES string of the molecule is C#CC(C)(C)NCCOCC(F)(F)F. The van der Waals surface area contributed by atoms with Crippen LogP contribution in [0, 0.1) is 12.3 Å². The van der Waals surface area contributed by atoms with E-state index in [1.807, 2.05) is 0 Å². The predicted molar refractivity (Wildman–Crippen MR) is 47.8 cm³/mol. The topological polar surface area (TPSA) is 21.3 Å². The van der Waals surface area contributed by atoms with Crippen LogP contribution in [0.15, 0.2) is 0 Å². The van der Waals surface area contributed by atoms with Gasteiger partial charge in [0, 0.05) is 6.54 Å². The van der Waals surface area contributed by atoms with Crippen molar-refractivity contribution in [3.63, 3.8) is 0 Å². The maximum absolute atomic E-state index is 11.6. The third-order valence-corrected chi connectivity index (χ3v) is 1.44. The van der Waals surface area contributed by atoms with Gasteiger partial charge in [0.15, 0.2) is 0 Å². The summed E-state index contributed by atoms with van der Waals surface area (Å²) in [5.74, 6) is 2.46. The Bertz CT molecular complexity index is 205. The van der Waals surface area contributed by atoms with Crippen LogP contribution in [0.3, 0.4) is 0 Å². The zero-order chi connectivity index (χ0) is 11.2. The van der Waals surface area contributed by atoms with Crippen LogP contribution in [0.4, 0.5) is 13.2 Å². The van der Waals surface area contributed by atoms with E-state index in [-0.39, 0.29) is 6.61 Å². The molecule has 0 saturated heterocycles. The minimum absolute atomic E-state index is 0.00931. The van der Waals surface area contributed by atoms with Gasteiger partial charge in [0.1, 0.15) is 6.61 Å². The zero-order valence-electron chi connectivity index (χ0n) is 8.24. The second-order valence-electron chi connectivity index (χ2n) is 3.36. The molecule has 0 heterocycles. The summed E-state index contributed by atoms with van der Waals surface area (Å²) in [6.45, 7) is 2.59. The lowest BCUT2D eigenvalue weighted by Gasteiger charge is -2.19. The lowest BCUT2D eigenvalue weighted by atomic mass is 10.1. The first-order valence-electron chi connectivity index (χ1n) is 4.14. The normalized spacial score (nSPS) is 12.6. The Morgan fingerprint density at radius 3 is 2.36 bits per heavy atom. The van der Waals surface area contributed by atoms with Crippen LogP contribution < -0.4 is 5.32 Å². The monoisotopic (exact) mass is 209 g/mol. The molecule has 1 N–H and O–H groups in total. The fraction of sp³-hybridized carbons (Fsp3) is 0.778. The highest BCUT2D eigenvalue weighted by molar-refractivity contribution is 5.07. The molecule has 5 heteroatoms.